The number of nitrogens with zero attached hydrogens (tertiary/aromatic N) is 5. The number of ketones is 1. The maximum Gasteiger partial charge on any atom is 0.334 e. The van der Waals surface area contributed by atoms with Crippen molar-refractivity contribution in [3.8, 4) is 0 Å². The molecular weight excluding hydrogens is 348 g/mol. The standard InChI is InChI=1S/C11H20N6O4S.ClH/c1-4-9(18)10-11(12)21-13-17(10)15-5-7-16(8-6-15)22(19,20)14(2)3;/h4-8H2,1-3H3,(H-,12,13,18);1H. The molecule has 1 fully saturated rings. The van der Waals surface area contributed by atoms with Gasteiger partial charge in [-0.3, -0.25) is 4.79 Å². The number of carbonyl (C=O) groups excluding carboxylic acids is 1. The van der Waals surface area contributed by atoms with Crippen LogP contribution in [0.2, 0.25) is 0 Å². The van der Waals surface area contributed by atoms with E-state index >= 15 is 0 Å². The van der Waals surface area contributed by atoms with Crippen LogP contribution in [-0.2, 0) is 10.2 Å². The summed E-state index contributed by atoms with van der Waals surface area (Å²) < 4.78 is 31.4. The third-order valence-electron chi connectivity index (χ3n) is 3.48. The van der Waals surface area contributed by atoms with Gasteiger partial charge in [-0.2, -0.15) is 22.0 Å². The van der Waals surface area contributed by atoms with Gasteiger partial charge in [-0.05, 0) is 0 Å². The molecule has 0 aliphatic carbocycles. The van der Waals surface area contributed by atoms with Crippen LogP contribution >= 0.6 is 12.4 Å². The number of rotatable bonds is 5. The fraction of sp³-hybridized carbons (Fsp3) is 0.727. The average molecular weight is 369 g/mol. The summed E-state index contributed by atoms with van der Waals surface area (Å²) in [6, 6.07) is 0. The van der Waals surface area contributed by atoms with Crippen LogP contribution in [-0.4, -0.2) is 68.4 Å². The second-order valence-electron chi connectivity index (χ2n) is 5.06. The summed E-state index contributed by atoms with van der Waals surface area (Å²) >= 11 is 0. The predicted octanol–water partition coefficient (Wildman–Crippen LogP) is -0.280. The molecule has 0 spiro atoms. The third-order valence-corrected chi connectivity index (χ3v) is 5.42. The first-order valence-corrected chi connectivity index (χ1v) is 8.28. The van der Waals surface area contributed by atoms with Gasteiger partial charge in [0.1, 0.15) is 5.88 Å². The zero-order valence-electron chi connectivity index (χ0n) is 13.2. The zero-order valence-corrected chi connectivity index (χ0v) is 14.9. The molecule has 1 saturated heterocycles. The lowest BCUT2D eigenvalue weighted by molar-refractivity contribution is -0.760. The minimum atomic E-state index is -3.45. The largest absolute Gasteiger partial charge is 0.659 e. The molecule has 1 aromatic rings. The molecule has 132 valence electrons. The van der Waals surface area contributed by atoms with Gasteiger partial charge in [0, 0.05) is 33.6 Å². The number of carbonyl (C=O) groups is 1. The lowest BCUT2D eigenvalue weighted by atomic mass is 10.2. The van der Waals surface area contributed by atoms with Crippen molar-refractivity contribution in [3.05, 3.63) is 11.4 Å². The second kappa shape index (κ2) is 7.43. The van der Waals surface area contributed by atoms with Gasteiger partial charge in [0.2, 0.25) is 11.1 Å². The lowest BCUT2D eigenvalue weighted by Gasteiger charge is -2.31. The van der Waals surface area contributed by atoms with Gasteiger partial charge >= 0.3 is 5.69 Å². The van der Waals surface area contributed by atoms with E-state index in [9.17, 15) is 13.2 Å². The summed E-state index contributed by atoms with van der Waals surface area (Å²) in [4.78, 5) is 13.2. The van der Waals surface area contributed by atoms with E-state index in [0.717, 1.165) is 0 Å². The number of piperazine rings is 1. The Kier molecular flexibility index (Phi) is 6.33. The minimum Gasteiger partial charge on any atom is -0.659 e. The summed E-state index contributed by atoms with van der Waals surface area (Å²) in [5, 5.41) is 5.41. The van der Waals surface area contributed by atoms with Crippen LogP contribution in [0, 0.1) is 0 Å². The molecule has 1 N–H and O–H groups in total. The molecule has 0 aromatic carbocycles. The number of aromatic nitrogens is 2. The van der Waals surface area contributed by atoms with Crippen molar-refractivity contribution in [3.63, 3.8) is 0 Å². The number of nitrogens with one attached hydrogen (secondary N) is 1. The Morgan fingerprint density at radius 2 is 1.91 bits per heavy atom. The zero-order chi connectivity index (χ0) is 16.5. The van der Waals surface area contributed by atoms with Gasteiger partial charge in [-0.1, -0.05) is 6.92 Å². The van der Waals surface area contributed by atoms with Crippen LogP contribution in [0.25, 0.3) is 5.73 Å². The third kappa shape index (κ3) is 3.74. The Morgan fingerprint density at radius 1 is 1.35 bits per heavy atom. The molecule has 12 heteroatoms. The van der Waals surface area contributed by atoms with Crippen LogP contribution in [0.3, 0.4) is 0 Å². The Balaban J connectivity index is 0.00000264. The summed E-state index contributed by atoms with van der Waals surface area (Å²) in [6.45, 7) is 2.95. The van der Waals surface area contributed by atoms with Crippen molar-refractivity contribution < 1.29 is 22.5 Å². The van der Waals surface area contributed by atoms with E-state index in [-0.39, 0.29) is 49.3 Å². The first-order chi connectivity index (χ1) is 10.3. The number of halogens is 1. The molecule has 0 unspecified atom stereocenters. The second-order valence-corrected chi connectivity index (χ2v) is 7.20. The topological polar surface area (TPSA) is 115 Å². The highest BCUT2D eigenvalue weighted by Gasteiger charge is 2.36. The maximum atomic E-state index is 12.1. The first kappa shape index (κ1) is 19.6. The highest BCUT2D eigenvalue weighted by molar-refractivity contribution is 7.86. The quantitative estimate of drug-likeness (QED) is 0.521. The van der Waals surface area contributed by atoms with E-state index in [1.165, 1.54) is 27.5 Å². The van der Waals surface area contributed by atoms with Gasteiger partial charge in [0.15, 0.2) is 0 Å². The predicted molar refractivity (Wildman–Crippen MR) is 84.7 cm³/mol. The summed E-state index contributed by atoms with van der Waals surface area (Å²) in [5.74, 6) is -0.523. The fourth-order valence-electron chi connectivity index (χ4n) is 2.18. The van der Waals surface area contributed by atoms with Crippen molar-refractivity contribution in [2.24, 2.45) is 0 Å². The normalized spacial score (nSPS) is 16.4. The highest BCUT2D eigenvalue weighted by atomic mass is 35.5. The van der Waals surface area contributed by atoms with Crippen LogP contribution < -0.4 is 9.80 Å². The van der Waals surface area contributed by atoms with Crippen LogP contribution in [0.1, 0.15) is 23.8 Å². The SMILES string of the molecule is CCC(=O)c1c([NH-])on[n+]1N1CCN(S(=O)(=O)N(C)C)CC1.Cl. The Bertz CT molecular complexity index is 653. The van der Waals surface area contributed by atoms with E-state index in [2.05, 4.69) is 5.27 Å². The maximum absolute atomic E-state index is 12.1. The highest BCUT2D eigenvalue weighted by Crippen LogP contribution is 2.15. The number of hydrogen-bond acceptors (Lipinski definition) is 6. The summed E-state index contributed by atoms with van der Waals surface area (Å²) in [6.07, 6.45) is 0.238. The molecule has 0 bridgehead atoms. The molecule has 0 atom stereocenters. The Hall–Kier alpha value is -1.43. The van der Waals surface area contributed by atoms with E-state index in [1.807, 2.05) is 0 Å². The van der Waals surface area contributed by atoms with Gasteiger partial charge in [-0.15, -0.1) is 12.4 Å². The van der Waals surface area contributed by atoms with Crippen LogP contribution in [0.4, 0.5) is 5.88 Å². The molecule has 1 aliphatic heterocycles. The molecule has 2 heterocycles. The monoisotopic (exact) mass is 368 g/mol. The molecular formula is C11H21ClN6O4S. The number of hydrogen-bond donors (Lipinski definition) is 0. The number of Topliss-reactive ketones (excluding diaryl/α,β-unsaturated/α-hetero) is 1. The molecule has 23 heavy (non-hydrogen) atoms. The van der Waals surface area contributed by atoms with Crippen molar-refractivity contribution in [1.29, 1.82) is 0 Å². The minimum absolute atomic E-state index is 0. The molecule has 0 saturated carbocycles. The van der Waals surface area contributed by atoms with Crippen LogP contribution in [0.5, 0.6) is 0 Å². The van der Waals surface area contributed by atoms with Crippen molar-refractivity contribution in [2.75, 3.05) is 45.3 Å². The first-order valence-electron chi connectivity index (χ1n) is 6.88. The van der Waals surface area contributed by atoms with Gasteiger partial charge in [0.05, 0.1) is 17.9 Å². The Morgan fingerprint density at radius 3 is 2.39 bits per heavy atom. The molecule has 1 aromatic heterocycles. The van der Waals surface area contributed by atoms with Crippen molar-refractivity contribution in [1.82, 2.24) is 13.9 Å². The molecule has 1 aliphatic rings. The van der Waals surface area contributed by atoms with Crippen molar-refractivity contribution in [2.45, 2.75) is 13.3 Å². The van der Waals surface area contributed by atoms with E-state index in [4.69, 9.17) is 10.3 Å². The van der Waals surface area contributed by atoms with E-state index < -0.39 is 10.2 Å². The fourth-order valence-corrected chi connectivity index (χ4v) is 3.27. The van der Waals surface area contributed by atoms with Crippen LogP contribution in [0.15, 0.2) is 4.52 Å². The van der Waals surface area contributed by atoms with Gasteiger partial charge in [-0.25, -0.2) is 0 Å². The Labute approximate surface area is 141 Å². The van der Waals surface area contributed by atoms with Crippen molar-refractivity contribution >= 4 is 34.3 Å². The molecule has 2 rings (SSSR count). The van der Waals surface area contributed by atoms with E-state index in [1.54, 1.807) is 11.9 Å². The van der Waals surface area contributed by atoms with Gasteiger partial charge in [0.25, 0.3) is 10.2 Å². The molecule has 10 nitrogen and oxygen atoms in total. The summed E-state index contributed by atoms with van der Waals surface area (Å²) in [5.41, 5.74) is 7.72. The molecule has 0 radical (unpaired) electrons. The smallest absolute Gasteiger partial charge is 0.334 e. The molecule has 0 amide bonds. The van der Waals surface area contributed by atoms with E-state index in [0.29, 0.717) is 13.1 Å². The lowest BCUT2D eigenvalue weighted by Crippen LogP contribution is -2.68. The van der Waals surface area contributed by atoms with Gasteiger partial charge < -0.3 is 10.3 Å². The summed E-state index contributed by atoms with van der Waals surface area (Å²) in [7, 11) is -0.479. The average Bonchev–Trinajstić information content (AvgIpc) is 2.88.